The zero-order chi connectivity index (χ0) is 14.3. The zero-order valence-corrected chi connectivity index (χ0v) is 13.6. The molecule has 112 valence electrons. The van der Waals surface area contributed by atoms with E-state index in [1.165, 1.54) is 24.3 Å². The Hall–Kier alpha value is -0.680. The number of pyridine rings is 1. The lowest BCUT2D eigenvalue weighted by Gasteiger charge is -2.42. The Balaban J connectivity index is 1.46. The van der Waals surface area contributed by atoms with E-state index in [1.54, 1.807) is 12.4 Å². The van der Waals surface area contributed by atoms with Crippen LogP contribution in [0.4, 0.5) is 5.69 Å². The van der Waals surface area contributed by atoms with Crippen molar-refractivity contribution in [3.63, 3.8) is 0 Å². The molecule has 4 rings (SSSR count). The van der Waals surface area contributed by atoms with Gasteiger partial charge in [-0.3, -0.25) is 9.78 Å². The smallest absolute Gasteiger partial charge is 0.227 e. The number of nitrogens with zero attached hydrogens (tertiary/aromatic N) is 1. The minimum absolute atomic E-state index is 0.197. The first-order chi connectivity index (χ1) is 10.3. The highest BCUT2D eigenvalue weighted by Crippen LogP contribution is 2.65. The number of aromatic nitrogens is 1. The van der Waals surface area contributed by atoms with Crippen LogP contribution in [-0.4, -0.2) is 26.5 Å². The summed E-state index contributed by atoms with van der Waals surface area (Å²) in [7, 11) is 0. The maximum absolute atomic E-state index is 12.5. The van der Waals surface area contributed by atoms with Crippen molar-refractivity contribution >= 4 is 35.1 Å². The summed E-state index contributed by atoms with van der Waals surface area (Å²) in [5.41, 5.74) is 0.868. The molecule has 1 aromatic rings. The van der Waals surface area contributed by atoms with E-state index in [0.717, 1.165) is 30.4 Å². The van der Waals surface area contributed by atoms with E-state index < -0.39 is 0 Å². The van der Waals surface area contributed by atoms with Gasteiger partial charge in [-0.05, 0) is 49.7 Å². The van der Waals surface area contributed by atoms with Gasteiger partial charge in [0.05, 0.1) is 4.08 Å². The Morgan fingerprint density at radius 2 is 1.76 bits per heavy atom. The lowest BCUT2D eigenvalue weighted by molar-refractivity contribution is -0.121. The molecule has 1 spiro atoms. The molecule has 5 heteroatoms. The van der Waals surface area contributed by atoms with Crippen molar-refractivity contribution in [3.8, 4) is 0 Å². The van der Waals surface area contributed by atoms with Crippen molar-refractivity contribution < 1.29 is 4.79 Å². The van der Waals surface area contributed by atoms with Gasteiger partial charge in [0.15, 0.2) is 0 Å². The fraction of sp³-hybridized carbons (Fsp3) is 0.625. The minimum atomic E-state index is 0.197. The molecule has 1 N–H and O–H groups in total. The van der Waals surface area contributed by atoms with Gasteiger partial charge in [0.25, 0.3) is 0 Å². The molecular formula is C16H20N2OS2. The molecule has 3 aliphatic rings. The van der Waals surface area contributed by atoms with Crippen LogP contribution in [0.2, 0.25) is 0 Å². The molecule has 1 unspecified atom stereocenters. The number of anilines is 1. The van der Waals surface area contributed by atoms with E-state index in [1.807, 2.05) is 12.1 Å². The van der Waals surface area contributed by atoms with Crippen molar-refractivity contribution in [3.05, 3.63) is 24.5 Å². The molecule has 3 fully saturated rings. The molecule has 21 heavy (non-hydrogen) atoms. The quantitative estimate of drug-likeness (QED) is 0.903. The monoisotopic (exact) mass is 320 g/mol. The Kier molecular flexibility index (Phi) is 3.66. The van der Waals surface area contributed by atoms with Crippen LogP contribution in [0.15, 0.2) is 24.5 Å². The van der Waals surface area contributed by atoms with Gasteiger partial charge in [-0.1, -0.05) is 0 Å². The number of thioether (sulfide) groups is 2. The molecule has 2 aliphatic carbocycles. The van der Waals surface area contributed by atoms with Crippen LogP contribution in [0, 0.1) is 17.8 Å². The second-order valence-electron chi connectivity index (χ2n) is 6.28. The van der Waals surface area contributed by atoms with Gasteiger partial charge in [-0.15, -0.1) is 23.5 Å². The maximum Gasteiger partial charge on any atom is 0.227 e. The van der Waals surface area contributed by atoms with Gasteiger partial charge < -0.3 is 5.32 Å². The van der Waals surface area contributed by atoms with Crippen LogP contribution in [0.3, 0.4) is 0 Å². The van der Waals surface area contributed by atoms with E-state index in [2.05, 4.69) is 33.8 Å². The first-order valence-electron chi connectivity index (χ1n) is 7.77. The van der Waals surface area contributed by atoms with Crippen molar-refractivity contribution in [1.82, 2.24) is 4.98 Å². The highest BCUT2D eigenvalue weighted by molar-refractivity contribution is 8.21. The summed E-state index contributed by atoms with van der Waals surface area (Å²) < 4.78 is 0.466. The molecular weight excluding hydrogens is 300 g/mol. The summed E-state index contributed by atoms with van der Waals surface area (Å²) in [5, 5.41) is 3.07. The highest BCUT2D eigenvalue weighted by Gasteiger charge is 2.57. The van der Waals surface area contributed by atoms with Crippen molar-refractivity contribution in [2.45, 2.75) is 29.8 Å². The van der Waals surface area contributed by atoms with Crippen LogP contribution in [0.1, 0.15) is 25.7 Å². The molecule has 0 radical (unpaired) electrons. The second kappa shape index (κ2) is 5.51. The molecule has 0 aromatic carbocycles. The normalized spacial score (nSPS) is 33.2. The van der Waals surface area contributed by atoms with E-state index in [4.69, 9.17) is 0 Å². The topological polar surface area (TPSA) is 42.0 Å². The largest absolute Gasteiger partial charge is 0.326 e. The highest BCUT2D eigenvalue weighted by atomic mass is 32.2. The zero-order valence-electron chi connectivity index (χ0n) is 12.0. The molecule has 2 heterocycles. The average molecular weight is 320 g/mol. The Labute approximate surface area is 134 Å². The van der Waals surface area contributed by atoms with Crippen LogP contribution in [0.5, 0.6) is 0 Å². The summed E-state index contributed by atoms with van der Waals surface area (Å²) in [4.78, 5) is 16.5. The van der Waals surface area contributed by atoms with Gasteiger partial charge >= 0.3 is 0 Å². The molecule has 1 aliphatic heterocycles. The summed E-state index contributed by atoms with van der Waals surface area (Å²) in [6, 6.07) is 3.72. The van der Waals surface area contributed by atoms with Crippen LogP contribution in [-0.2, 0) is 4.79 Å². The number of hydrogen-bond acceptors (Lipinski definition) is 4. The number of amides is 1. The standard InChI is InChI=1S/C16H20N2OS2/c19-15(18-14-3-5-17-6-4-14)11-9-12-1-2-13(10-11)16(12)20-7-8-21-16/h3-6,11-13H,1-2,7-10H2,(H,17,18,19)/t11?,12-,13+. The van der Waals surface area contributed by atoms with Gasteiger partial charge in [0, 0.05) is 35.5 Å². The first kappa shape index (κ1) is 13.9. The summed E-state index contributed by atoms with van der Waals surface area (Å²) in [5.74, 6) is 4.48. The number of nitrogens with one attached hydrogen (secondary N) is 1. The lowest BCUT2D eigenvalue weighted by Crippen LogP contribution is -2.41. The molecule has 1 amide bonds. The summed E-state index contributed by atoms with van der Waals surface area (Å²) >= 11 is 4.37. The minimum Gasteiger partial charge on any atom is -0.326 e. The van der Waals surface area contributed by atoms with Gasteiger partial charge in [-0.25, -0.2) is 0 Å². The Bertz CT molecular complexity index is 514. The van der Waals surface area contributed by atoms with Crippen LogP contribution < -0.4 is 5.32 Å². The fourth-order valence-corrected chi connectivity index (χ4v) is 8.23. The predicted molar refractivity (Wildman–Crippen MR) is 89.5 cm³/mol. The second-order valence-corrected chi connectivity index (χ2v) is 9.29. The molecule has 1 aromatic heterocycles. The molecule has 3 nitrogen and oxygen atoms in total. The van der Waals surface area contributed by atoms with Gasteiger partial charge in [-0.2, -0.15) is 0 Å². The third kappa shape index (κ3) is 2.38. The Morgan fingerprint density at radius 1 is 1.14 bits per heavy atom. The van der Waals surface area contributed by atoms with Crippen molar-refractivity contribution in [1.29, 1.82) is 0 Å². The lowest BCUT2D eigenvalue weighted by atomic mass is 9.79. The average Bonchev–Trinajstić information content (AvgIpc) is 3.03. The van der Waals surface area contributed by atoms with E-state index in [-0.39, 0.29) is 11.8 Å². The van der Waals surface area contributed by atoms with Crippen molar-refractivity contribution in [2.75, 3.05) is 16.8 Å². The number of hydrogen-bond donors (Lipinski definition) is 1. The number of carbonyl (C=O) groups is 1. The molecule has 2 saturated carbocycles. The molecule has 2 bridgehead atoms. The fourth-order valence-electron chi connectivity index (χ4n) is 4.29. The van der Waals surface area contributed by atoms with Crippen LogP contribution >= 0.6 is 23.5 Å². The first-order valence-corrected chi connectivity index (χ1v) is 9.74. The van der Waals surface area contributed by atoms with E-state index in [0.29, 0.717) is 4.08 Å². The van der Waals surface area contributed by atoms with E-state index >= 15 is 0 Å². The maximum atomic E-state index is 12.5. The van der Waals surface area contributed by atoms with Gasteiger partial charge in [0.1, 0.15) is 0 Å². The Morgan fingerprint density at radius 3 is 2.38 bits per heavy atom. The third-order valence-electron chi connectivity index (χ3n) is 5.20. The third-order valence-corrected chi connectivity index (χ3v) is 9.21. The number of carbonyl (C=O) groups excluding carboxylic acids is 1. The van der Waals surface area contributed by atoms with Gasteiger partial charge in [0.2, 0.25) is 5.91 Å². The van der Waals surface area contributed by atoms with E-state index in [9.17, 15) is 4.79 Å². The number of rotatable bonds is 2. The van der Waals surface area contributed by atoms with Crippen molar-refractivity contribution in [2.24, 2.45) is 17.8 Å². The predicted octanol–water partition coefficient (Wildman–Crippen LogP) is 3.63. The SMILES string of the molecule is O=C(Nc1ccncc1)C1C[C@H]2CC[C@@H](C1)C21SCCS1. The molecule has 1 saturated heterocycles. The molecule has 3 atom stereocenters. The summed E-state index contributed by atoms with van der Waals surface area (Å²) in [6.07, 6.45) is 8.25. The summed E-state index contributed by atoms with van der Waals surface area (Å²) in [6.45, 7) is 0. The van der Waals surface area contributed by atoms with Crippen LogP contribution in [0.25, 0.3) is 0 Å².